The molecule has 12 nitrogen and oxygen atoms in total. The van der Waals surface area contributed by atoms with Crippen LogP contribution in [0, 0.1) is 12.8 Å². The lowest BCUT2D eigenvalue weighted by molar-refractivity contribution is -0.129. The second-order valence-electron chi connectivity index (χ2n) is 11.2. The minimum absolute atomic E-state index is 0.0818. The summed E-state index contributed by atoms with van der Waals surface area (Å²) in [6.45, 7) is 6.49. The van der Waals surface area contributed by atoms with Crippen molar-refractivity contribution < 1.29 is 19.2 Å². The molecule has 2 atom stereocenters. The predicted molar refractivity (Wildman–Crippen MR) is 165 cm³/mol. The highest BCUT2D eigenvalue weighted by Gasteiger charge is 2.30. The Morgan fingerprint density at radius 2 is 1.77 bits per heavy atom. The summed E-state index contributed by atoms with van der Waals surface area (Å²) in [5.41, 5.74) is 1.12. The fourth-order valence-corrected chi connectivity index (χ4v) is 5.14. The van der Waals surface area contributed by atoms with Gasteiger partial charge in [0.1, 0.15) is 24.1 Å². The Balaban J connectivity index is 1.60. The standard InChI is InChI=1S/C31H39ClN8O4/c1-20(2)28-29-35-21(3)38-40(29)19-27(42)33-14-8-16-39(31(44)24-13-12-23(32)18-34-24)15-7-11-26(41)36-25(30(43)37-28)17-22-9-5-4-6-10-22/h4-6,9-10,12-13,18,20,25,28H,7-8,11,14-17,19H2,1-3H3,(H,33,42)(H,36,41)(H,37,43)/t25-,28+/m1/s1. The van der Waals surface area contributed by atoms with Gasteiger partial charge in [-0.05, 0) is 43.4 Å². The van der Waals surface area contributed by atoms with E-state index in [1.807, 2.05) is 44.2 Å². The SMILES string of the molecule is Cc1nc2n(n1)CC(=O)NCCCN(C(=O)c1ccc(Cl)cn1)CCCC(=O)N[C@H](Cc1ccccc1)C(=O)N[C@H]2C(C)C. The van der Waals surface area contributed by atoms with E-state index in [9.17, 15) is 19.2 Å². The molecule has 0 aliphatic carbocycles. The number of hydrogen-bond acceptors (Lipinski definition) is 7. The number of aromatic nitrogens is 4. The van der Waals surface area contributed by atoms with Crippen LogP contribution in [0.1, 0.15) is 66.9 Å². The van der Waals surface area contributed by atoms with Crippen LogP contribution >= 0.6 is 11.6 Å². The number of aryl methyl sites for hydroxylation is 1. The van der Waals surface area contributed by atoms with Gasteiger partial charge in [0.05, 0.1) is 11.1 Å². The Kier molecular flexibility index (Phi) is 11.4. The molecule has 1 aliphatic heterocycles. The Morgan fingerprint density at radius 3 is 2.48 bits per heavy atom. The number of fused-ring (bicyclic) bond motifs is 1. The van der Waals surface area contributed by atoms with Crippen molar-refractivity contribution in [2.45, 2.75) is 65.1 Å². The van der Waals surface area contributed by atoms with Crippen molar-refractivity contribution in [2.24, 2.45) is 5.92 Å². The first-order valence-corrected chi connectivity index (χ1v) is 15.2. The summed E-state index contributed by atoms with van der Waals surface area (Å²) in [6.07, 6.45) is 2.66. The van der Waals surface area contributed by atoms with E-state index in [0.29, 0.717) is 42.6 Å². The van der Waals surface area contributed by atoms with Crippen molar-refractivity contribution in [1.82, 2.24) is 40.6 Å². The van der Waals surface area contributed by atoms with Gasteiger partial charge in [-0.3, -0.25) is 19.2 Å². The van der Waals surface area contributed by atoms with Gasteiger partial charge in [-0.15, -0.1) is 0 Å². The van der Waals surface area contributed by atoms with E-state index in [0.717, 1.165) is 5.56 Å². The number of halogens is 1. The van der Waals surface area contributed by atoms with Gasteiger partial charge in [0, 0.05) is 38.7 Å². The highest BCUT2D eigenvalue weighted by molar-refractivity contribution is 6.30. The molecule has 3 heterocycles. The number of carbonyl (C=O) groups excluding carboxylic acids is 4. The first kappa shape index (κ1) is 32.6. The van der Waals surface area contributed by atoms with Crippen molar-refractivity contribution in [1.29, 1.82) is 0 Å². The van der Waals surface area contributed by atoms with Crippen LogP contribution in [0.15, 0.2) is 48.7 Å². The van der Waals surface area contributed by atoms with Crippen LogP contribution in [-0.4, -0.2) is 74.0 Å². The van der Waals surface area contributed by atoms with Crippen molar-refractivity contribution in [2.75, 3.05) is 19.6 Å². The molecule has 0 spiro atoms. The topological polar surface area (TPSA) is 151 Å². The lowest BCUT2D eigenvalue weighted by atomic mass is 10.0. The smallest absolute Gasteiger partial charge is 0.272 e. The van der Waals surface area contributed by atoms with Crippen LogP contribution < -0.4 is 16.0 Å². The third kappa shape index (κ3) is 9.09. The van der Waals surface area contributed by atoms with Crippen LogP contribution in [0.4, 0.5) is 0 Å². The van der Waals surface area contributed by atoms with Gasteiger partial charge in [-0.1, -0.05) is 55.8 Å². The third-order valence-corrected chi connectivity index (χ3v) is 7.49. The molecule has 0 bridgehead atoms. The molecular weight excluding hydrogens is 584 g/mol. The van der Waals surface area contributed by atoms with Crippen LogP contribution in [0.3, 0.4) is 0 Å². The first-order chi connectivity index (χ1) is 21.1. The summed E-state index contributed by atoms with van der Waals surface area (Å²) in [6, 6.07) is 11.2. The molecule has 13 heteroatoms. The van der Waals surface area contributed by atoms with Gasteiger partial charge < -0.3 is 20.9 Å². The summed E-state index contributed by atoms with van der Waals surface area (Å²) < 4.78 is 1.51. The normalized spacial score (nSPS) is 19.3. The Hall–Kier alpha value is -4.32. The molecule has 3 aromatic rings. The molecule has 3 N–H and O–H groups in total. The maximum atomic E-state index is 13.7. The average Bonchev–Trinajstić information content (AvgIpc) is 3.35. The third-order valence-electron chi connectivity index (χ3n) is 7.27. The van der Waals surface area contributed by atoms with Crippen molar-refractivity contribution in [3.63, 3.8) is 0 Å². The van der Waals surface area contributed by atoms with E-state index in [2.05, 4.69) is 31.0 Å². The molecule has 234 valence electrons. The van der Waals surface area contributed by atoms with Crippen LogP contribution in [0.5, 0.6) is 0 Å². The van der Waals surface area contributed by atoms with E-state index in [-0.39, 0.29) is 61.2 Å². The second-order valence-corrected chi connectivity index (χ2v) is 11.6. The zero-order valence-electron chi connectivity index (χ0n) is 25.3. The molecule has 0 radical (unpaired) electrons. The van der Waals surface area contributed by atoms with E-state index in [1.165, 1.54) is 10.9 Å². The molecule has 0 saturated heterocycles. The van der Waals surface area contributed by atoms with E-state index >= 15 is 0 Å². The summed E-state index contributed by atoms with van der Waals surface area (Å²) in [5, 5.41) is 13.7. The molecule has 4 rings (SSSR count). The maximum absolute atomic E-state index is 13.7. The van der Waals surface area contributed by atoms with Crippen LogP contribution in [0.25, 0.3) is 0 Å². The van der Waals surface area contributed by atoms with E-state index < -0.39 is 12.1 Å². The highest BCUT2D eigenvalue weighted by atomic mass is 35.5. The second kappa shape index (κ2) is 15.4. The lowest BCUT2D eigenvalue weighted by Crippen LogP contribution is -2.50. The lowest BCUT2D eigenvalue weighted by Gasteiger charge is -2.26. The fraction of sp³-hybridized carbons (Fsp3) is 0.452. The molecule has 1 aromatic carbocycles. The monoisotopic (exact) mass is 622 g/mol. The number of carbonyl (C=O) groups is 4. The minimum Gasteiger partial charge on any atom is -0.354 e. The minimum atomic E-state index is -0.859. The number of nitrogens with zero attached hydrogens (tertiary/aromatic N) is 5. The molecule has 4 amide bonds. The molecule has 2 aromatic heterocycles. The van der Waals surface area contributed by atoms with Crippen molar-refractivity contribution in [3.8, 4) is 0 Å². The summed E-state index contributed by atoms with van der Waals surface area (Å²) >= 11 is 5.95. The Morgan fingerprint density at radius 1 is 1.02 bits per heavy atom. The molecule has 0 fully saturated rings. The number of nitrogens with one attached hydrogen (secondary N) is 3. The Bertz CT molecular complexity index is 1440. The van der Waals surface area contributed by atoms with Gasteiger partial charge in [0.15, 0.2) is 5.82 Å². The van der Waals surface area contributed by atoms with Gasteiger partial charge >= 0.3 is 0 Å². The predicted octanol–water partition coefficient (Wildman–Crippen LogP) is 2.62. The number of benzene rings is 1. The zero-order chi connectivity index (χ0) is 31.6. The first-order valence-electron chi connectivity index (χ1n) is 14.8. The van der Waals surface area contributed by atoms with Crippen LogP contribution in [-0.2, 0) is 27.3 Å². The van der Waals surface area contributed by atoms with Gasteiger partial charge in [-0.25, -0.2) is 14.6 Å². The summed E-state index contributed by atoms with van der Waals surface area (Å²) in [5.74, 6) is -0.390. The quantitative estimate of drug-likeness (QED) is 0.405. The number of rotatable bonds is 4. The summed E-state index contributed by atoms with van der Waals surface area (Å²) in [4.78, 5) is 63.4. The van der Waals surface area contributed by atoms with E-state index in [1.54, 1.807) is 24.0 Å². The van der Waals surface area contributed by atoms with Gasteiger partial charge in [0.2, 0.25) is 17.7 Å². The fourth-order valence-electron chi connectivity index (χ4n) is 5.03. The van der Waals surface area contributed by atoms with Crippen molar-refractivity contribution in [3.05, 3.63) is 76.6 Å². The molecule has 0 saturated carbocycles. The van der Waals surface area contributed by atoms with Crippen molar-refractivity contribution >= 4 is 35.2 Å². The maximum Gasteiger partial charge on any atom is 0.272 e. The molecule has 0 unspecified atom stereocenters. The highest BCUT2D eigenvalue weighted by Crippen LogP contribution is 2.21. The average molecular weight is 623 g/mol. The van der Waals surface area contributed by atoms with Crippen LogP contribution in [0.2, 0.25) is 5.02 Å². The Labute approximate surface area is 262 Å². The summed E-state index contributed by atoms with van der Waals surface area (Å²) in [7, 11) is 0. The number of hydrogen-bond donors (Lipinski definition) is 3. The van der Waals surface area contributed by atoms with Gasteiger partial charge in [0.25, 0.3) is 5.91 Å². The number of pyridine rings is 1. The zero-order valence-corrected chi connectivity index (χ0v) is 26.0. The molecular formula is C31H39ClN8O4. The van der Waals surface area contributed by atoms with Gasteiger partial charge in [-0.2, -0.15) is 5.10 Å². The largest absolute Gasteiger partial charge is 0.354 e. The van der Waals surface area contributed by atoms with E-state index in [4.69, 9.17) is 11.6 Å². The molecule has 1 aliphatic rings. The number of amides is 4. The molecule has 44 heavy (non-hydrogen) atoms.